The van der Waals surface area contributed by atoms with Crippen LogP contribution in [-0.4, -0.2) is 58.2 Å². The fraction of sp³-hybridized carbons (Fsp3) is 0.486. The summed E-state index contributed by atoms with van der Waals surface area (Å²) in [5.74, 6) is 1.53. The minimum absolute atomic E-state index is 0.0508. The number of fused-ring (bicyclic) bond motifs is 4. The van der Waals surface area contributed by atoms with Crippen LogP contribution in [-0.2, 0) is 27.6 Å². The number of nitrogens with zero attached hydrogens (tertiary/aromatic N) is 3. The molecule has 1 spiro atoms. The standard InChI is InChI=1S/C33H41ClN2O4S.C4H4N2/c1-21-6-4-8-30(39-3)27-12-9-25(27)18-36-19-33(15-5-7-23-16-26(34)11-13-28(23)33)20-40-31-14-10-24(17-29(31)36)32(37)35-41(38)22(21)2;1-2-5-4-6-3-1/h4,8,10-11,13-14,16-17,21-22,25,27,30H,5-7,9,12,15,18-20H2,1-3H3,(H,35,37);1-4H/b8-4+;/t21?,22?,25?,27?,30?,33-,41?;/m0./s1. The Bertz CT molecular complexity index is 1580. The fourth-order valence-corrected chi connectivity index (χ4v) is 8.73. The van der Waals surface area contributed by atoms with Gasteiger partial charge in [-0.3, -0.25) is 9.52 Å². The first-order valence-electron chi connectivity index (χ1n) is 16.7. The summed E-state index contributed by atoms with van der Waals surface area (Å²) >= 11 is 6.41. The van der Waals surface area contributed by atoms with E-state index in [0.29, 0.717) is 24.0 Å². The highest BCUT2D eigenvalue weighted by molar-refractivity contribution is 7.84. The Hall–Kier alpha value is -3.27. The molecule has 1 amide bonds. The van der Waals surface area contributed by atoms with E-state index in [9.17, 15) is 9.00 Å². The molecule has 0 radical (unpaired) electrons. The largest absolute Gasteiger partial charge is 0.490 e. The number of allylic oxidation sites excluding steroid dienone is 1. The van der Waals surface area contributed by atoms with E-state index in [4.69, 9.17) is 21.1 Å². The minimum atomic E-state index is -1.50. The molecule has 6 unspecified atom stereocenters. The zero-order valence-electron chi connectivity index (χ0n) is 27.4. The Morgan fingerprint density at radius 1 is 1.13 bits per heavy atom. The Morgan fingerprint density at radius 3 is 2.66 bits per heavy atom. The lowest BCUT2D eigenvalue weighted by atomic mass is 9.68. The van der Waals surface area contributed by atoms with E-state index in [2.05, 4.69) is 50.8 Å². The van der Waals surface area contributed by atoms with Crippen LogP contribution in [0.3, 0.4) is 0 Å². The molecule has 2 aliphatic carbocycles. The van der Waals surface area contributed by atoms with Crippen molar-refractivity contribution in [3.05, 3.63) is 95.1 Å². The van der Waals surface area contributed by atoms with E-state index in [1.165, 1.54) is 17.5 Å². The Balaban J connectivity index is 0.000000580. The third kappa shape index (κ3) is 7.42. The topological polar surface area (TPSA) is 93.7 Å². The first-order valence-corrected chi connectivity index (χ1v) is 18.3. The lowest BCUT2D eigenvalue weighted by molar-refractivity contribution is 0.0131. The number of anilines is 1. The second kappa shape index (κ2) is 14.9. The molecule has 2 bridgehead atoms. The van der Waals surface area contributed by atoms with Crippen LogP contribution in [0.4, 0.5) is 5.69 Å². The summed E-state index contributed by atoms with van der Waals surface area (Å²) in [6.07, 6.45) is 15.5. The van der Waals surface area contributed by atoms with E-state index in [1.54, 1.807) is 31.6 Å². The molecular weight excluding hydrogens is 632 g/mol. The number of aryl methyl sites for hydroxylation is 1. The van der Waals surface area contributed by atoms with Crippen LogP contribution in [0.1, 0.15) is 67.4 Å². The van der Waals surface area contributed by atoms with Gasteiger partial charge < -0.3 is 14.4 Å². The zero-order chi connectivity index (χ0) is 33.0. The van der Waals surface area contributed by atoms with Gasteiger partial charge in [-0.05, 0) is 111 Å². The Labute approximate surface area is 285 Å². The molecule has 2 aromatic carbocycles. The van der Waals surface area contributed by atoms with E-state index >= 15 is 0 Å². The van der Waals surface area contributed by atoms with E-state index in [1.807, 2.05) is 25.1 Å². The number of hydrogen-bond acceptors (Lipinski definition) is 7. The summed E-state index contributed by atoms with van der Waals surface area (Å²) in [5, 5.41) is 0.589. The van der Waals surface area contributed by atoms with Gasteiger partial charge in [-0.2, -0.15) is 0 Å². The Kier molecular flexibility index (Phi) is 10.6. The van der Waals surface area contributed by atoms with Crippen molar-refractivity contribution in [1.82, 2.24) is 14.7 Å². The number of halogens is 1. The van der Waals surface area contributed by atoms with Gasteiger partial charge in [0, 0.05) is 48.6 Å². The molecule has 0 saturated heterocycles. The predicted molar refractivity (Wildman–Crippen MR) is 187 cm³/mol. The molecular formula is C37H45ClN4O4S. The number of carbonyl (C=O) groups excluding carboxylic acids is 1. The van der Waals surface area contributed by atoms with Gasteiger partial charge in [0.05, 0.1) is 23.6 Å². The number of benzene rings is 2. The maximum atomic E-state index is 13.3. The molecule has 2 aliphatic heterocycles. The SMILES string of the molecule is COC1/C=C/CC(C)C(C)S(=O)NC(=O)c2ccc3c(c2)N(CC2CCC21)C[C@@]1(CCCc2cc(Cl)ccc21)CO3.c1cncnc1. The molecule has 250 valence electrons. The number of hydrogen-bond donors (Lipinski definition) is 1. The van der Waals surface area contributed by atoms with Crippen LogP contribution in [0.2, 0.25) is 5.02 Å². The summed E-state index contributed by atoms with van der Waals surface area (Å²) in [4.78, 5) is 23.1. The molecule has 7 atom stereocenters. The van der Waals surface area contributed by atoms with Crippen LogP contribution in [0.15, 0.2) is 73.3 Å². The number of rotatable bonds is 1. The first kappa shape index (κ1) is 33.6. The third-order valence-electron chi connectivity index (χ3n) is 10.6. The summed E-state index contributed by atoms with van der Waals surface area (Å²) in [5.41, 5.74) is 3.90. The van der Waals surface area contributed by atoms with Crippen molar-refractivity contribution in [3.8, 4) is 5.75 Å². The molecule has 1 N–H and O–H groups in total. The highest BCUT2D eigenvalue weighted by atomic mass is 35.5. The molecule has 1 saturated carbocycles. The fourth-order valence-electron chi connectivity index (χ4n) is 7.52. The maximum Gasteiger partial charge on any atom is 0.263 e. The van der Waals surface area contributed by atoms with Crippen LogP contribution >= 0.6 is 11.6 Å². The summed E-state index contributed by atoms with van der Waals surface area (Å²) < 4.78 is 28.5. The van der Waals surface area contributed by atoms with Gasteiger partial charge in [-0.15, -0.1) is 0 Å². The lowest BCUT2D eigenvalue weighted by Gasteiger charge is -2.46. The average molecular weight is 677 g/mol. The molecule has 4 aliphatic rings. The van der Waals surface area contributed by atoms with Crippen LogP contribution < -0.4 is 14.4 Å². The quantitative estimate of drug-likeness (QED) is 0.287. The van der Waals surface area contributed by atoms with Gasteiger partial charge in [0.2, 0.25) is 0 Å². The number of aromatic nitrogens is 2. The van der Waals surface area contributed by atoms with Crippen LogP contribution in [0, 0.1) is 17.8 Å². The average Bonchev–Trinajstić information content (AvgIpc) is 3.23. The summed E-state index contributed by atoms with van der Waals surface area (Å²) in [6.45, 7) is 6.27. The third-order valence-corrected chi connectivity index (χ3v) is 12.3. The highest BCUT2D eigenvalue weighted by Gasteiger charge is 2.44. The second-order valence-corrected chi connectivity index (χ2v) is 15.4. The number of ether oxygens (including phenoxy) is 2. The maximum absolute atomic E-state index is 13.3. The van der Waals surface area contributed by atoms with Gasteiger partial charge >= 0.3 is 0 Å². The molecule has 3 aromatic rings. The normalized spacial score (nSPS) is 31.0. The number of carbonyl (C=O) groups is 1. The minimum Gasteiger partial charge on any atom is -0.490 e. The van der Waals surface area contributed by atoms with Gasteiger partial charge in [-0.1, -0.05) is 36.7 Å². The molecule has 7 rings (SSSR count). The van der Waals surface area contributed by atoms with Gasteiger partial charge in [0.25, 0.3) is 5.91 Å². The molecule has 3 heterocycles. The van der Waals surface area contributed by atoms with Crippen molar-refractivity contribution in [3.63, 3.8) is 0 Å². The van der Waals surface area contributed by atoms with Crippen molar-refractivity contribution in [2.75, 3.05) is 31.7 Å². The van der Waals surface area contributed by atoms with Crippen molar-refractivity contribution in [1.29, 1.82) is 0 Å². The van der Waals surface area contributed by atoms with Crippen molar-refractivity contribution < 1.29 is 18.5 Å². The number of nitrogens with one attached hydrogen (secondary N) is 1. The monoisotopic (exact) mass is 676 g/mol. The predicted octanol–water partition coefficient (Wildman–Crippen LogP) is 6.71. The van der Waals surface area contributed by atoms with E-state index in [0.717, 1.165) is 68.1 Å². The first-order chi connectivity index (χ1) is 22.8. The van der Waals surface area contributed by atoms with Crippen molar-refractivity contribution >= 4 is 34.2 Å². The summed E-state index contributed by atoms with van der Waals surface area (Å²) in [6, 6.07) is 13.7. The zero-order valence-corrected chi connectivity index (χ0v) is 29.0. The smallest absolute Gasteiger partial charge is 0.263 e. The van der Waals surface area contributed by atoms with Gasteiger partial charge in [0.1, 0.15) is 23.1 Å². The van der Waals surface area contributed by atoms with Gasteiger partial charge in [0.15, 0.2) is 0 Å². The molecule has 10 heteroatoms. The van der Waals surface area contributed by atoms with Crippen LogP contribution in [0.25, 0.3) is 0 Å². The van der Waals surface area contributed by atoms with E-state index < -0.39 is 11.0 Å². The highest BCUT2D eigenvalue weighted by Crippen LogP contribution is 2.47. The summed E-state index contributed by atoms with van der Waals surface area (Å²) in [7, 11) is 0.305. The molecule has 1 aromatic heterocycles. The Morgan fingerprint density at radius 2 is 1.96 bits per heavy atom. The lowest BCUT2D eigenvalue weighted by Crippen LogP contribution is -2.49. The molecule has 1 fully saturated rings. The van der Waals surface area contributed by atoms with E-state index in [-0.39, 0.29) is 28.6 Å². The van der Waals surface area contributed by atoms with Crippen molar-refractivity contribution in [2.45, 2.75) is 69.1 Å². The number of amides is 1. The second-order valence-electron chi connectivity index (χ2n) is 13.5. The van der Waals surface area contributed by atoms with Gasteiger partial charge in [-0.25, -0.2) is 14.2 Å². The van der Waals surface area contributed by atoms with Crippen LogP contribution in [0.5, 0.6) is 5.75 Å². The molecule has 8 nitrogen and oxygen atoms in total. The molecule has 47 heavy (non-hydrogen) atoms. The van der Waals surface area contributed by atoms with Crippen molar-refractivity contribution in [2.24, 2.45) is 17.8 Å². The number of methoxy groups -OCH3 is 1.